The van der Waals surface area contributed by atoms with Crippen LogP contribution in [0, 0.1) is 11.3 Å². The van der Waals surface area contributed by atoms with Crippen LogP contribution in [0.15, 0.2) is 0 Å². The monoisotopic (exact) mass is 180 g/mol. The summed E-state index contributed by atoms with van der Waals surface area (Å²) in [5.74, 6) is 1.05. The first-order valence-electron chi connectivity index (χ1n) is 6.31. The Labute approximate surface area is 83.1 Å². The van der Waals surface area contributed by atoms with E-state index in [-0.39, 0.29) is 0 Å². The Kier molecular flexibility index (Phi) is 2.96. The predicted octanol–water partition coefficient (Wildman–Crippen LogP) is 4.54. The van der Waals surface area contributed by atoms with Crippen molar-refractivity contribution >= 4 is 0 Å². The summed E-state index contributed by atoms with van der Waals surface area (Å²) in [6.45, 7) is 2.34. The third-order valence-corrected chi connectivity index (χ3v) is 4.27. The zero-order valence-electron chi connectivity index (χ0n) is 9.15. The topological polar surface area (TPSA) is 0 Å². The average Bonchev–Trinajstić information content (AvgIpc) is 2.52. The molecule has 0 aromatic rings. The summed E-state index contributed by atoms with van der Waals surface area (Å²) in [6.07, 6.45) is 15.3. The van der Waals surface area contributed by atoms with E-state index in [1.165, 1.54) is 38.5 Å². The lowest BCUT2D eigenvalue weighted by molar-refractivity contribution is 0.535. The van der Waals surface area contributed by atoms with E-state index in [1.807, 2.05) is 0 Å². The van der Waals surface area contributed by atoms with Gasteiger partial charge in [0.2, 0.25) is 0 Å². The Morgan fingerprint density at radius 1 is 0.769 bits per heavy atom. The maximum absolute atomic E-state index is 2.34. The summed E-state index contributed by atoms with van der Waals surface area (Å²) in [7, 11) is 0. The highest BCUT2D eigenvalue weighted by Gasteiger charge is 2.43. The maximum Gasteiger partial charge on any atom is -0.0297 e. The van der Waals surface area contributed by atoms with Crippen LogP contribution < -0.4 is 0 Å². The van der Waals surface area contributed by atoms with E-state index in [0.717, 1.165) is 11.3 Å². The van der Waals surface area contributed by atoms with Crippen LogP contribution in [-0.2, 0) is 0 Å². The average molecular weight is 180 g/mol. The summed E-state index contributed by atoms with van der Waals surface area (Å²) in [4.78, 5) is 0. The molecule has 0 unspecified atom stereocenters. The molecule has 3 fully saturated rings. The van der Waals surface area contributed by atoms with Gasteiger partial charge in [-0.15, -0.1) is 0 Å². The highest BCUT2D eigenvalue weighted by Crippen LogP contribution is 2.57. The number of hydrogen-bond acceptors (Lipinski definition) is 0. The van der Waals surface area contributed by atoms with E-state index >= 15 is 0 Å². The molecule has 0 nitrogen and oxygen atoms in total. The molecule has 0 N–H and O–H groups in total. The molecule has 0 heteroatoms. The Balaban J connectivity index is 0.000000102. The fourth-order valence-corrected chi connectivity index (χ4v) is 2.93. The molecule has 0 aliphatic heterocycles. The Morgan fingerprint density at radius 3 is 1.54 bits per heavy atom. The van der Waals surface area contributed by atoms with Gasteiger partial charge < -0.3 is 0 Å². The van der Waals surface area contributed by atoms with E-state index < -0.39 is 0 Å². The second-order valence-corrected chi connectivity index (χ2v) is 5.60. The third-order valence-electron chi connectivity index (χ3n) is 4.27. The molecule has 3 aliphatic carbocycles. The van der Waals surface area contributed by atoms with Crippen molar-refractivity contribution in [3.05, 3.63) is 0 Å². The first-order chi connectivity index (χ1) is 6.31. The molecular formula is C13H24. The third kappa shape index (κ3) is 2.72. The minimum absolute atomic E-state index is 0.944. The lowest BCUT2D eigenvalue weighted by Crippen LogP contribution is -1.86. The van der Waals surface area contributed by atoms with Crippen LogP contribution in [0.1, 0.15) is 71.1 Å². The maximum atomic E-state index is 2.34. The van der Waals surface area contributed by atoms with Crippen LogP contribution in [0.3, 0.4) is 0 Å². The largest absolute Gasteiger partial charge is 0.0625 e. The standard InChI is InChI=1S/C7H12.C6H12/c1-2-4-7(3-1)5-6-7;1-6-4-2-3-5-6/h1-6H2;6H,2-5H2,1H3. The van der Waals surface area contributed by atoms with Crippen molar-refractivity contribution in [2.75, 3.05) is 0 Å². The van der Waals surface area contributed by atoms with Crippen molar-refractivity contribution in [2.45, 2.75) is 71.1 Å². The van der Waals surface area contributed by atoms with Gasteiger partial charge in [0.05, 0.1) is 0 Å². The zero-order chi connectivity index (χ0) is 9.15. The van der Waals surface area contributed by atoms with Crippen molar-refractivity contribution in [3.8, 4) is 0 Å². The molecule has 76 valence electrons. The molecule has 13 heavy (non-hydrogen) atoms. The van der Waals surface area contributed by atoms with Crippen LogP contribution in [-0.4, -0.2) is 0 Å². The molecule has 3 rings (SSSR count). The fraction of sp³-hybridized carbons (Fsp3) is 1.00. The van der Waals surface area contributed by atoms with Crippen molar-refractivity contribution < 1.29 is 0 Å². The molecular weight excluding hydrogens is 156 g/mol. The predicted molar refractivity (Wildman–Crippen MR) is 57.8 cm³/mol. The van der Waals surface area contributed by atoms with E-state index in [0.29, 0.717) is 0 Å². The van der Waals surface area contributed by atoms with Crippen LogP contribution in [0.2, 0.25) is 0 Å². The SMILES string of the molecule is C1CCC2(C1)CC2.CC1CCCC1. The second-order valence-electron chi connectivity index (χ2n) is 5.60. The number of hydrogen-bond donors (Lipinski definition) is 0. The van der Waals surface area contributed by atoms with Gasteiger partial charge in [-0.3, -0.25) is 0 Å². The molecule has 0 radical (unpaired) electrons. The van der Waals surface area contributed by atoms with Gasteiger partial charge in [-0.2, -0.15) is 0 Å². The summed E-state index contributed by atoms with van der Waals surface area (Å²) in [5.41, 5.74) is 0.944. The van der Waals surface area contributed by atoms with Gasteiger partial charge in [-0.1, -0.05) is 45.4 Å². The molecule has 0 aromatic heterocycles. The normalized spacial score (nSPS) is 30.2. The van der Waals surface area contributed by atoms with Gasteiger partial charge >= 0.3 is 0 Å². The molecule has 3 saturated carbocycles. The molecule has 0 saturated heterocycles. The van der Waals surface area contributed by atoms with Gasteiger partial charge in [0.1, 0.15) is 0 Å². The van der Waals surface area contributed by atoms with Crippen LogP contribution in [0.25, 0.3) is 0 Å². The Hall–Kier alpha value is 0. The van der Waals surface area contributed by atoms with Crippen LogP contribution >= 0.6 is 0 Å². The lowest BCUT2D eigenvalue weighted by Gasteiger charge is -1.97. The fourth-order valence-electron chi connectivity index (χ4n) is 2.93. The quantitative estimate of drug-likeness (QED) is 0.513. The lowest BCUT2D eigenvalue weighted by atomic mass is 10.1. The summed E-state index contributed by atoms with van der Waals surface area (Å²) < 4.78 is 0. The first-order valence-corrected chi connectivity index (χ1v) is 6.31. The molecule has 0 heterocycles. The number of rotatable bonds is 0. The molecule has 3 aliphatic rings. The van der Waals surface area contributed by atoms with E-state index in [9.17, 15) is 0 Å². The van der Waals surface area contributed by atoms with Gasteiger partial charge in [0.15, 0.2) is 0 Å². The summed E-state index contributed by atoms with van der Waals surface area (Å²) in [6, 6.07) is 0. The Morgan fingerprint density at radius 2 is 1.31 bits per heavy atom. The first kappa shape index (κ1) is 9.55. The Bertz CT molecular complexity index is 141. The van der Waals surface area contributed by atoms with Crippen molar-refractivity contribution in [3.63, 3.8) is 0 Å². The van der Waals surface area contributed by atoms with E-state index in [4.69, 9.17) is 0 Å². The second kappa shape index (κ2) is 4.02. The van der Waals surface area contributed by atoms with Gasteiger partial charge in [0.25, 0.3) is 0 Å². The highest BCUT2D eigenvalue weighted by atomic mass is 14.5. The molecule has 0 aromatic carbocycles. The van der Waals surface area contributed by atoms with Gasteiger partial charge in [-0.05, 0) is 37.0 Å². The smallest absolute Gasteiger partial charge is 0.0297 e. The van der Waals surface area contributed by atoms with E-state index in [1.54, 1.807) is 25.7 Å². The van der Waals surface area contributed by atoms with Crippen molar-refractivity contribution in [1.29, 1.82) is 0 Å². The molecule has 0 amide bonds. The molecule has 0 bridgehead atoms. The minimum atomic E-state index is 0.944. The van der Waals surface area contributed by atoms with Gasteiger partial charge in [-0.25, -0.2) is 0 Å². The van der Waals surface area contributed by atoms with Gasteiger partial charge in [0, 0.05) is 0 Å². The van der Waals surface area contributed by atoms with Crippen LogP contribution in [0.4, 0.5) is 0 Å². The van der Waals surface area contributed by atoms with Crippen molar-refractivity contribution in [1.82, 2.24) is 0 Å². The molecule has 1 spiro atoms. The summed E-state index contributed by atoms with van der Waals surface area (Å²) >= 11 is 0. The van der Waals surface area contributed by atoms with Crippen LogP contribution in [0.5, 0.6) is 0 Å². The zero-order valence-corrected chi connectivity index (χ0v) is 9.15. The summed E-state index contributed by atoms with van der Waals surface area (Å²) in [5, 5.41) is 0. The van der Waals surface area contributed by atoms with Crippen molar-refractivity contribution in [2.24, 2.45) is 11.3 Å². The molecule has 0 atom stereocenters. The highest BCUT2D eigenvalue weighted by molar-refractivity contribution is 4.95. The van der Waals surface area contributed by atoms with E-state index in [2.05, 4.69) is 6.92 Å². The minimum Gasteiger partial charge on any atom is -0.0625 e.